The van der Waals surface area contributed by atoms with Crippen LogP contribution in [0.2, 0.25) is 0 Å². The third kappa shape index (κ3) is 4.42. The smallest absolute Gasteiger partial charge is 0.337 e. The zero-order chi connectivity index (χ0) is 17.4. The number of amides is 1. The Hall–Kier alpha value is -3.65. The van der Waals surface area contributed by atoms with E-state index in [2.05, 4.69) is 5.32 Å². The number of benzene rings is 2. The van der Waals surface area contributed by atoms with E-state index in [1.165, 1.54) is 18.2 Å². The molecule has 0 atom stereocenters. The molecule has 0 aliphatic carbocycles. The highest BCUT2D eigenvalue weighted by atomic mass is 16.4. The fourth-order valence-electron chi connectivity index (χ4n) is 1.95. The van der Waals surface area contributed by atoms with Crippen LogP contribution in [0.15, 0.2) is 72.3 Å². The molecule has 5 heteroatoms. The Morgan fingerprint density at radius 2 is 1.71 bits per heavy atom. The van der Waals surface area contributed by atoms with Gasteiger partial charge in [0.2, 0.25) is 0 Å². The lowest BCUT2D eigenvalue weighted by molar-refractivity contribution is -0.112. The van der Waals surface area contributed by atoms with E-state index in [0.717, 1.165) is 5.56 Å². The molecule has 2 aromatic rings. The molecule has 118 valence electrons. The van der Waals surface area contributed by atoms with Gasteiger partial charge >= 0.3 is 5.97 Å². The lowest BCUT2D eigenvalue weighted by Gasteiger charge is -2.07. The third-order valence-electron chi connectivity index (χ3n) is 3.12. The van der Waals surface area contributed by atoms with E-state index in [9.17, 15) is 9.59 Å². The molecule has 5 nitrogen and oxygen atoms in total. The number of nitriles is 1. The number of rotatable bonds is 5. The molecule has 0 heterocycles. The van der Waals surface area contributed by atoms with E-state index >= 15 is 0 Å². The number of carboxylic acids is 1. The van der Waals surface area contributed by atoms with Crippen LogP contribution in [0.4, 0.5) is 5.69 Å². The first-order valence-corrected chi connectivity index (χ1v) is 7.09. The van der Waals surface area contributed by atoms with Crippen molar-refractivity contribution in [2.75, 3.05) is 5.32 Å². The Morgan fingerprint density at radius 1 is 1.04 bits per heavy atom. The highest BCUT2D eigenvalue weighted by Gasteiger charge is 2.14. The standard InChI is InChI=1S/C19H14N2O3/c20-13-15(10-6-9-14-7-2-1-3-8-14)18(22)21-17-12-5-4-11-16(17)19(23)24/h1-12H,(H,21,22)(H,23,24)/b9-6+,15-10+. The zero-order valence-electron chi connectivity index (χ0n) is 12.6. The van der Waals surface area contributed by atoms with Crippen molar-refractivity contribution < 1.29 is 14.7 Å². The maximum absolute atomic E-state index is 12.1. The number of aromatic carboxylic acids is 1. The highest BCUT2D eigenvalue weighted by molar-refractivity contribution is 6.09. The minimum absolute atomic E-state index is 0.0389. The van der Waals surface area contributed by atoms with Crippen LogP contribution in [0, 0.1) is 11.3 Å². The second-order valence-corrected chi connectivity index (χ2v) is 4.77. The average molecular weight is 318 g/mol. The van der Waals surface area contributed by atoms with Gasteiger partial charge in [0.25, 0.3) is 5.91 Å². The van der Waals surface area contributed by atoms with E-state index in [4.69, 9.17) is 10.4 Å². The Kier molecular flexibility index (Phi) is 5.65. The summed E-state index contributed by atoms with van der Waals surface area (Å²) >= 11 is 0. The number of nitrogens with one attached hydrogen (secondary N) is 1. The second kappa shape index (κ2) is 8.11. The number of carbonyl (C=O) groups excluding carboxylic acids is 1. The number of carbonyl (C=O) groups is 2. The van der Waals surface area contributed by atoms with Gasteiger partial charge in [0.05, 0.1) is 11.3 Å². The molecule has 0 radical (unpaired) electrons. The summed E-state index contributed by atoms with van der Waals surface area (Å²) in [5.41, 5.74) is 0.913. The van der Waals surface area contributed by atoms with Crippen LogP contribution in [-0.4, -0.2) is 17.0 Å². The summed E-state index contributed by atoms with van der Waals surface area (Å²) in [6, 6.07) is 17.2. The predicted octanol–water partition coefficient (Wildman–Crippen LogP) is 3.49. The van der Waals surface area contributed by atoms with Crippen LogP contribution in [-0.2, 0) is 4.79 Å². The van der Waals surface area contributed by atoms with Gasteiger partial charge in [-0.1, -0.05) is 54.6 Å². The molecule has 1 amide bonds. The van der Waals surface area contributed by atoms with Crippen LogP contribution in [0.25, 0.3) is 6.08 Å². The molecular formula is C19H14N2O3. The van der Waals surface area contributed by atoms with Crippen molar-refractivity contribution in [2.24, 2.45) is 0 Å². The molecule has 2 aromatic carbocycles. The molecule has 0 aliphatic rings. The fraction of sp³-hybridized carbons (Fsp3) is 0. The van der Waals surface area contributed by atoms with Crippen molar-refractivity contribution in [3.05, 3.63) is 83.4 Å². The molecule has 0 aliphatic heterocycles. The first-order chi connectivity index (χ1) is 11.6. The van der Waals surface area contributed by atoms with Gasteiger partial charge in [0.1, 0.15) is 11.6 Å². The number of para-hydroxylation sites is 1. The fourth-order valence-corrected chi connectivity index (χ4v) is 1.95. The van der Waals surface area contributed by atoms with E-state index in [-0.39, 0.29) is 16.8 Å². The van der Waals surface area contributed by atoms with Gasteiger partial charge in [-0.3, -0.25) is 4.79 Å². The number of nitrogens with zero attached hydrogens (tertiary/aromatic N) is 1. The zero-order valence-corrected chi connectivity index (χ0v) is 12.6. The maximum Gasteiger partial charge on any atom is 0.337 e. The SMILES string of the molecule is N#C/C(=C\C=C\c1ccccc1)C(=O)Nc1ccccc1C(=O)O. The summed E-state index contributed by atoms with van der Waals surface area (Å²) in [6.45, 7) is 0. The van der Waals surface area contributed by atoms with Crippen LogP contribution in [0.5, 0.6) is 0 Å². The highest BCUT2D eigenvalue weighted by Crippen LogP contribution is 2.16. The number of carboxylic acid groups (broad SMARTS) is 1. The predicted molar refractivity (Wildman–Crippen MR) is 91.2 cm³/mol. The molecular weight excluding hydrogens is 304 g/mol. The van der Waals surface area contributed by atoms with Crippen LogP contribution < -0.4 is 5.32 Å². The van der Waals surface area contributed by atoms with Crippen molar-refractivity contribution in [2.45, 2.75) is 0 Å². The van der Waals surface area contributed by atoms with Crippen LogP contribution in [0.3, 0.4) is 0 Å². The van der Waals surface area contributed by atoms with Gasteiger partial charge in [0.15, 0.2) is 0 Å². The van der Waals surface area contributed by atoms with Gasteiger partial charge < -0.3 is 10.4 Å². The summed E-state index contributed by atoms with van der Waals surface area (Å²) in [6.07, 6.45) is 4.73. The van der Waals surface area contributed by atoms with Crippen LogP contribution in [0.1, 0.15) is 15.9 Å². The Bertz CT molecular complexity index is 846. The van der Waals surface area contributed by atoms with E-state index in [0.29, 0.717) is 0 Å². The van der Waals surface area contributed by atoms with Crippen LogP contribution >= 0.6 is 0 Å². The lowest BCUT2D eigenvalue weighted by atomic mass is 10.1. The second-order valence-electron chi connectivity index (χ2n) is 4.77. The van der Waals surface area contributed by atoms with Crippen molar-refractivity contribution in [3.63, 3.8) is 0 Å². The van der Waals surface area contributed by atoms with Gasteiger partial charge in [-0.2, -0.15) is 5.26 Å². The summed E-state index contributed by atoms with van der Waals surface area (Å²) in [4.78, 5) is 23.3. The summed E-state index contributed by atoms with van der Waals surface area (Å²) < 4.78 is 0. The minimum atomic E-state index is -1.16. The van der Waals surface area contributed by atoms with E-state index in [1.54, 1.807) is 24.3 Å². The summed E-state index contributed by atoms with van der Waals surface area (Å²) in [5.74, 6) is -1.82. The first kappa shape index (κ1) is 16.7. The first-order valence-electron chi connectivity index (χ1n) is 7.09. The number of hydrogen-bond donors (Lipinski definition) is 2. The van der Waals surface area contributed by atoms with Gasteiger partial charge in [0, 0.05) is 0 Å². The molecule has 2 rings (SSSR count). The third-order valence-corrected chi connectivity index (χ3v) is 3.12. The molecule has 0 saturated carbocycles. The number of allylic oxidation sites excluding steroid dienone is 2. The van der Waals surface area contributed by atoms with Gasteiger partial charge in [-0.25, -0.2) is 4.79 Å². The Labute approximate surface area is 139 Å². The molecule has 0 aromatic heterocycles. The van der Waals surface area contributed by atoms with Gasteiger partial charge in [-0.15, -0.1) is 0 Å². The van der Waals surface area contributed by atoms with E-state index < -0.39 is 11.9 Å². The van der Waals surface area contributed by atoms with E-state index in [1.807, 2.05) is 36.4 Å². The van der Waals surface area contributed by atoms with Gasteiger partial charge in [-0.05, 0) is 23.8 Å². The lowest BCUT2D eigenvalue weighted by Crippen LogP contribution is -2.16. The van der Waals surface area contributed by atoms with Crippen molar-refractivity contribution >= 4 is 23.6 Å². The Morgan fingerprint density at radius 3 is 2.38 bits per heavy atom. The summed E-state index contributed by atoms with van der Waals surface area (Å²) in [7, 11) is 0. The number of anilines is 1. The molecule has 0 spiro atoms. The quantitative estimate of drug-likeness (QED) is 0.501. The van der Waals surface area contributed by atoms with Crippen molar-refractivity contribution in [1.29, 1.82) is 5.26 Å². The summed E-state index contributed by atoms with van der Waals surface area (Å²) in [5, 5.41) is 20.7. The molecule has 24 heavy (non-hydrogen) atoms. The maximum atomic E-state index is 12.1. The molecule has 0 unspecified atom stereocenters. The average Bonchev–Trinajstić information content (AvgIpc) is 2.60. The monoisotopic (exact) mass is 318 g/mol. The molecule has 0 saturated heterocycles. The molecule has 0 fully saturated rings. The number of hydrogen-bond acceptors (Lipinski definition) is 3. The minimum Gasteiger partial charge on any atom is -0.478 e. The Balaban J connectivity index is 2.15. The molecule has 2 N–H and O–H groups in total. The topological polar surface area (TPSA) is 90.2 Å². The van der Waals surface area contributed by atoms with Crippen molar-refractivity contribution in [3.8, 4) is 6.07 Å². The molecule has 0 bridgehead atoms. The largest absolute Gasteiger partial charge is 0.478 e. The van der Waals surface area contributed by atoms with Crippen molar-refractivity contribution in [1.82, 2.24) is 0 Å². The normalized spacial score (nSPS) is 11.0.